The number of nitrogens with zero attached hydrogens (tertiary/aromatic N) is 5. The number of piperazine rings is 1. The first kappa shape index (κ1) is 13.2. The molecule has 0 spiro atoms. The number of hydrogen-bond acceptors (Lipinski definition) is 7. The molecule has 0 aromatic carbocycles. The van der Waals surface area contributed by atoms with Crippen LogP contribution in [-0.2, 0) is 6.54 Å². The summed E-state index contributed by atoms with van der Waals surface area (Å²) in [6, 6.07) is 0.449. The third kappa shape index (κ3) is 2.89. The summed E-state index contributed by atoms with van der Waals surface area (Å²) in [5.41, 5.74) is 0.890. The summed E-state index contributed by atoms with van der Waals surface area (Å²) in [5, 5.41) is 7.21. The van der Waals surface area contributed by atoms with E-state index in [1.165, 1.54) is 11.5 Å². The summed E-state index contributed by atoms with van der Waals surface area (Å²) in [7, 11) is 0. The van der Waals surface area contributed by atoms with Crippen LogP contribution < -0.4 is 4.90 Å². The van der Waals surface area contributed by atoms with E-state index in [4.69, 9.17) is 11.6 Å². The lowest BCUT2D eigenvalue weighted by Crippen LogP contribution is -2.51. The minimum absolute atomic E-state index is 0.449. The van der Waals surface area contributed by atoms with Gasteiger partial charge in [0.05, 0.1) is 0 Å². The van der Waals surface area contributed by atoms with Gasteiger partial charge in [-0.15, -0.1) is 16.4 Å². The van der Waals surface area contributed by atoms with Crippen molar-refractivity contribution in [3.05, 3.63) is 21.6 Å². The maximum Gasteiger partial charge on any atom is 0.185 e. The number of halogens is 1. The standard InChI is InChI=1S/C11H14ClN5S2/c1-8-6-16(7-9-10(12)19-15-14-9)3-4-17(8)11-13-2-5-18-11/h2,5,8H,3-4,6-7H2,1H3. The normalized spacial score (nSPS) is 20.9. The van der Waals surface area contributed by atoms with E-state index in [1.807, 2.05) is 11.6 Å². The Bertz CT molecular complexity index is 529. The van der Waals surface area contributed by atoms with Crippen molar-refractivity contribution in [1.29, 1.82) is 0 Å². The van der Waals surface area contributed by atoms with Gasteiger partial charge in [-0.05, 0) is 6.92 Å². The monoisotopic (exact) mass is 315 g/mol. The smallest absolute Gasteiger partial charge is 0.185 e. The van der Waals surface area contributed by atoms with Gasteiger partial charge < -0.3 is 4.90 Å². The van der Waals surface area contributed by atoms with E-state index in [0.29, 0.717) is 10.4 Å². The Morgan fingerprint density at radius 3 is 3.00 bits per heavy atom. The van der Waals surface area contributed by atoms with Gasteiger partial charge in [0.2, 0.25) is 0 Å². The van der Waals surface area contributed by atoms with Crippen molar-refractivity contribution in [2.45, 2.75) is 19.5 Å². The first-order chi connectivity index (χ1) is 9.24. The van der Waals surface area contributed by atoms with Crippen molar-refractivity contribution in [3.8, 4) is 0 Å². The van der Waals surface area contributed by atoms with Crippen LogP contribution in [0.2, 0.25) is 4.34 Å². The van der Waals surface area contributed by atoms with Crippen LogP contribution in [0.15, 0.2) is 11.6 Å². The zero-order valence-corrected chi connectivity index (χ0v) is 12.9. The number of aromatic nitrogens is 3. The molecule has 1 atom stereocenters. The quantitative estimate of drug-likeness (QED) is 0.870. The molecule has 3 heterocycles. The molecule has 5 nitrogen and oxygen atoms in total. The summed E-state index contributed by atoms with van der Waals surface area (Å²) in [4.78, 5) is 9.12. The number of hydrogen-bond donors (Lipinski definition) is 0. The second kappa shape index (κ2) is 5.70. The minimum Gasteiger partial charge on any atom is -0.343 e. The molecule has 0 amide bonds. The highest BCUT2D eigenvalue weighted by Gasteiger charge is 2.26. The molecule has 0 bridgehead atoms. The van der Waals surface area contributed by atoms with Gasteiger partial charge in [0.25, 0.3) is 0 Å². The molecule has 1 aliphatic heterocycles. The van der Waals surface area contributed by atoms with Gasteiger partial charge in [-0.2, -0.15) is 0 Å². The highest BCUT2D eigenvalue weighted by Crippen LogP contribution is 2.24. The molecule has 0 N–H and O–H groups in total. The van der Waals surface area contributed by atoms with Crippen molar-refractivity contribution in [2.75, 3.05) is 24.5 Å². The Balaban J connectivity index is 1.63. The molecule has 1 saturated heterocycles. The predicted molar refractivity (Wildman–Crippen MR) is 79.1 cm³/mol. The third-order valence-electron chi connectivity index (χ3n) is 3.26. The zero-order chi connectivity index (χ0) is 13.2. The maximum atomic E-state index is 6.05. The third-order valence-corrected chi connectivity index (χ3v) is 5.05. The lowest BCUT2D eigenvalue weighted by atomic mass is 10.2. The Morgan fingerprint density at radius 2 is 2.37 bits per heavy atom. The molecule has 2 aromatic heterocycles. The molecular formula is C11H14ClN5S2. The van der Waals surface area contributed by atoms with Crippen molar-refractivity contribution >= 4 is 39.6 Å². The van der Waals surface area contributed by atoms with Gasteiger partial charge >= 0.3 is 0 Å². The van der Waals surface area contributed by atoms with Crippen LogP contribution in [-0.4, -0.2) is 45.1 Å². The number of anilines is 1. The van der Waals surface area contributed by atoms with E-state index in [2.05, 4.69) is 31.3 Å². The van der Waals surface area contributed by atoms with Gasteiger partial charge in [-0.25, -0.2) is 4.98 Å². The summed E-state index contributed by atoms with van der Waals surface area (Å²) < 4.78 is 4.58. The van der Waals surface area contributed by atoms with E-state index < -0.39 is 0 Å². The lowest BCUT2D eigenvalue weighted by molar-refractivity contribution is 0.218. The van der Waals surface area contributed by atoms with Crippen LogP contribution in [0.3, 0.4) is 0 Å². The Kier molecular flexibility index (Phi) is 3.97. The first-order valence-electron chi connectivity index (χ1n) is 6.09. The van der Waals surface area contributed by atoms with Gasteiger partial charge in [-0.3, -0.25) is 4.90 Å². The number of rotatable bonds is 3. The zero-order valence-electron chi connectivity index (χ0n) is 10.5. The first-order valence-corrected chi connectivity index (χ1v) is 8.12. The van der Waals surface area contributed by atoms with E-state index in [0.717, 1.165) is 37.0 Å². The molecule has 2 aromatic rings. The average Bonchev–Trinajstić information content (AvgIpc) is 3.02. The fourth-order valence-electron chi connectivity index (χ4n) is 2.32. The van der Waals surface area contributed by atoms with Crippen LogP contribution in [0, 0.1) is 0 Å². The van der Waals surface area contributed by atoms with Crippen LogP contribution in [0.4, 0.5) is 5.13 Å². The Morgan fingerprint density at radius 1 is 1.47 bits per heavy atom. The highest BCUT2D eigenvalue weighted by molar-refractivity contribution is 7.13. The van der Waals surface area contributed by atoms with E-state index in [1.54, 1.807) is 11.3 Å². The summed E-state index contributed by atoms with van der Waals surface area (Å²) in [5.74, 6) is 0. The van der Waals surface area contributed by atoms with Crippen LogP contribution in [0.25, 0.3) is 0 Å². The fraction of sp³-hybridized carbons (Fsp3) is 0.545. The SMILES string of the molecule is CC1CN(Cc2nnsc2Cl)CCN1c1nccs1. The molecule has 0 radical (unpaired) electrons. The van der Waals surface area contributed by atoms with E-state index in [-0.39, 0.29) is 0 Å². The molecular weight excluding hydrogens is 302 g/mol. The summed E-state index contributed by atoms with van der Waals surface area (Å²) in [6.07, 6.45) is 1.86. The topological polar surface area (TPSA) is 45.2 Å². The van der Waals surface area contributed by atoms with Gasteiger partial charge in [0.1, 0.15) is 10.0 Å². The van der Waals surface area contributed by atoms with Crippen LogP contribution in [0.5, 0.6) is 0 Å². The van der Waals surface area contributed by atoms with E-state index >= 15 is 0 Å². The number of thiazole rings is 1. The maximum absolute atomic E-state index is 6.05. The molecule has 1 aliphatic rings. The highest BCUT2D eigenvalue weighted by atomic mass is 35.5. The minimum atomic E-state index is 0.449. The lowest BCUT2D eigenvalue weighted by Gasteiger charge is -2.39. The van der Waals surface area contributed by atoms with Crippen molar-refractivity contribution < 1.29 is 0 Å². The summed E-state index contributed by atoms with van der Waals surface area (Å²) in [6.45, 7) is 5.99. The van der Waals surface area contributed by atoms with Gasteiger partial charge in [0, 0.05) is 55.3 Å². The van der Waals surface area contributed by atoms with Gasteiger partial charge in [-0.1, -0.05) is 16.1 Å². The molecule has 1 fully saturated rings. The average molecular weight is 316 g/mol. The molecule has 0 aliphatic carbocycles. The van der Waals surface area contributed by atoms with Gasteiger partial charge in [0.15, 0.2) is 5.13 Å². The molecule has 102 valence electrons. The largest absolute Gasteiger partial charge is 0.343 e. The fourth-order valence-corrected chi connectivity index (χ4v) is 3.71. The molecule has 0 saturated carbocycles. The van der Waals surface area contributed by atoms with Crippen LogP contribution in [0.1, 0.15) is 12.6 Å². The molecule has 19 heavy (non-hydrogen) atoms. The second-order valence-electron chi connectivity index (χ2n) is 4.59. The van der Waals surface area contributed by atoms with Crippen molar-refractivity contribution in [2.24, 2.45) is 0 Å². The summed E-state index contributed by atoms with van der Waals surface area (Å²) >= 11 is 9.00. The van der Waals surface area contributed by atoms with Crippen LogP contribution >= 0.6 is 34.5 Å². The van der Waals surface area contributed by atoms with Crippen molar-refractivity contribution in [3.63, 3.8) is 0 Å². The Hall–Kier alpha value is -0.760. The second-order valence-corrected chi connectivity index (χ2v) is 6.81. The molecule has 3 rings (SSSR count). The Labute approximate surface area is 125 Å². The van der Waals surface area contributed by atoms with E-state index in [9.17, 15) is 0 Å². The molecule has 8 heteroatoms. The predicted octanol–water partition coefficient (Wildman–Crippen LogP) is 2.36. The molecule has 1 unspecified atom stereocenters. The van der Waals surface area contributed by atoms with Crippen molar-refractivity contribution in [1.82, 2.24) is 19.5 Å².